The van der Waals surface area contributed by atoms with Crippen molar-refractivity contribution in [2.75, 3.05) is 0 Å². The zero-order chi connectivity index (χ0) is 17.4. The first-order valence-corrected chi connectivity index (χ1v) is 7.51. The summed E-state index contributed by atoms with van der Waals surface area (Å²) in [6.45, 7) is 0. The molecule has 0 saturated heterocycles. The van der Waals surface area contributed by atoms with Crippen LogP contribution in [0.3, 0.4) is 0 Å². The largest absolute Gasteiger partial charge is 0.493 e. The van der Waals surface area contributed by atoms with Crippen LogP contribution < -0.4 is 5.56 Å². The van der Waals surface area contributed by atoms with E-state index in [1.165, 1.54) is 6.07 Å². The molecule has 25 heavy (non-hydrogen) atoms. The van der Waals surface area contributed by atoms with E-state index in [4.69, 9.17) is 0 Å². The lowest BCUT2D eigenvalue weighted by atomic mass is 10.1. The number of hydrogen-bond donors (Lipinski definition) is 3. The van der Waals surface area contributed by atoms with Gasteiger partial charge in [0.2, 0.25) is 11.4 Å². The molecule has 122 valence electrons. The first-order chi connectivity index (χ1) is 12.1. The number of pyridine rings is 1. The van der Waals surface area contributed by atoms with Gasteiger partial charge >= 0.3 is 0 Å². The van der Waals surface area contributed by atoms with E-state index in [9.17, 15) is 14.7 Å². The number of aromatic hydroxyl groups is 1. The number of nitrogens with one attached hydrogen (secondary N) is 2. The molecule has 1 amide bonds. The summed E-state index contributed by atoms with van der Waals surface area (Å²) in [6, 6.07) is 15.3. The van der Waals surface area contributed by atoms with Crippen molar-refractivity contribution in [2.24, 2.45) is 10.2 Å². The van der Waals surface area contributed by atoms with Gasteiger partial charge in [0.05, 0.1) is 11.1 Å². The van der Waals surface area contributed by atoms with Crippen LogP contribution in [-0.4, -0.2) is 21.0 Å². The van der Waals surface area contributed by atoms with Crippen molar-refractivity contribution in [1.82, 2.24) is 9.97 Å². The van der Waals surface area contributed by atoms with Crippen molar-refractivity contribution in [1.29, 1.82) is 0 Å². The molecule has 7 nitrogen and oxygen atoms in total. The normalized spacial score (nSPS) is 11.5. The number of rotatable bonds is 2. The van der Waals surface area contributed by atoms with Crippen LogP contribution >= 0.6 is 0 Å². The maximum atomic E-state index is 12.4. The molecule has 2 aromatic heterocycles. The molecule has 7 heteroatoms. The maximum absolute atomic E-state index is 12.4. The highest BCUT2D eigenvalue weighted by Gasteiger charge is 2.13. The van der Waals surface area contributed by atoms with Crippen LogP contribution in [0.4, 0.5) is 5.69 Å². The molecule has 3 N–H and O–H groups in total. The summed E-state index contributed by atoms with van der Waals surface area (Å²) in [6.07, 6.45) is 0. The summed E-state index contributed by atoms with van der Waals surface area (Å²) in [5.74, 6) is -0.833. The van der Waals surface area contributed by atoms with Gasteiger partial charge in [-0.15, -0.1) is 10.2 Å². The molecule has 0 aliphatic rings. The van der Waals surface area contributed by atoms with Gasteiger partial charge < -0.3 is 15.1 Å². The smallest absolute Gasteiger partial charge is 0.296 e. The molecule has 4 rings (SSSR count). The molecule has 0 fully saturated rings. The van der Waals surface area contributed by atoms with Crippen LogP contribution in [0.1, 0.15) is 10.4 Å². The predicted octanol–water partition coefficient (Wildman–Crippen LogP) is 3.64. The van der Waals surface area contributed by atoms with Gasteiger partial charge in [-0.2, -0.15) is 0 Å². The van der Waals surface area contributed by atoms with Crippen LogP contribution in [0.2, 0.25) is 0 Å². The highest BCUT2D eigenvalue weighted by Crippen LogP contribution is 2.35. The number of hydrogen-bond acceptors (Lipinski definition) is 4. The number of carbonyl (C=O) groups excluding carboxylic acids is 1. The molecule has 0 aliphatic heterocycles. The summed E-state index contributed by atoms with van der Waals surface area (Å²) in [5, 5.41) is 18.8. The van der Waals surface area contributed by atoms with Gasteiger partial charge in [0.25, 0.3) is 5.91 Å². The SMILES string of the molecule is O=C(N=Nc1c(O)[nH]c2ccccc12)c1cc(=O)[nH]c2ccccc12. The number of carbonyl (C=O) groups is 1. The van der Waals surface area contributed by atoms with Crippen molar-refractivity contribution in [3.8, 4) is 5.88 Å². The average Bonchev–Trinajstić information content (AvgIpc) is 2.94. The van der Waals surface area contributed by atoms with Crippen LogP contribution in [0.15, 0.2) is 69.6 Å². The number of fused-ring (bicyclic) bond motifs is 2. The Hall–Kier alpha value is -3.74. The van der Waals surface area contributed by atoms with Crippen LogP contribution in [-0.2, 0) is 0 Å². The van der Waals surface area contributed by atoms with Crippen molar-refractivity contribution >= 4 is 33.4 Å². The van der Waals surface area contributed by atoms with E-state index in [-0.39, 0.29) is 17.1 Å². The van der Waals surface area contributed by atoms with E-state index in [0.717, 1.165) is 0 Å². The molecule has 0 aliphatic carbocycles. The molecule has 0 unspecified atom stereocenters. The second kappa shape index (κ2) is 5.72. The number of aromatic nitrogens is 2. The fourth-order valence-electron chi connectivity index (χ4n) is 2.75. The second-order valence-corrected chi connectivity index (χ2v) is 5.47. The fraction of sp³-hybridized carbons (Fsp3) is 0. The first-order valence-electron chi connectivity index (χ1n) is 7.51. The third-order valence-electron chi connectivity index (χ3n) is 3.88. The maximum Gasteiger partial charge on any atom is 0.296 e. The third kappa shape index (κ3) is 2.57. The van der Waals surface area contributed by atoms with Gasteiger partial charge in [-0.25, -0.2) is 0 Å². The summed E-state index contributed by atoms with van der Waals surface area (Å²) in [5.41, 5.74) is 1.17. The van der Waals surface area contributed by atoms with E-state index in [2.05, 4.69) is 20.2 Å². The summed E-state index contributed by atoms with van der Waals surface area (Å²) in [7, 11) is 0. The number of nitrogens with zero attached hydrogens (tertiary/aromatic N) is 2. The van der Waals surface area contributed by atoms with E-state index in [1.807, 2.05) is 6.07 Å². The van der Waals surface area contributed by atoms with E-state index < -0.39 is 11.5 Å². The minimum Gasteiger partial charge on any atom is -0.493 e. The van der Waals surface area contributed by atoms with Crippen LogP contribution in [0.25, 0.3) is 21.8 Å². The predicted molar refractivity (Wildman–Crippen MR) is 93.4 cm³/mol. The van der Waals surface area contributed by atoms with Crippen molar-refractivity contribution in [2.45, 2.75) is 0 Å². The Bertz CT molecular complexity index is 1200. The molecule has 0 saturated carbocycles. The average molecular weight is 332 g/mol. The molecule has 0 bridgehead atoms. The van der Waals surface area contributed by atoms with E-state index >= 15 is 0 Å². The monoisotopic (exact) mass is 332 g/mol. The Kier molecular flexibility index (Phi) is 3.39. The molecule has 0 atom stereocenters. The topological polar surface area (TPSA) is 111 Å². The highest BCUT2D eigenvalue weighted by atomic mass is 16.3. The summed E-state index contributed by atoms with van der Waals surface area (Å²) >= 11 is 0. The molecule has 2 aromatic carbocycles. The lowest BCUT2D eigenvalue weighted by Crippen LogP contribution is -2.09. The molecule has 0 radical (unpaired) electrons. The van der Waals surface area contributed by atoms with Gasteiger partial charge in [-0.05, 0) is 12.1 Å². The Morgan fingerprint density at radius 1 is 0.920 bits per heavy atom. The number of amides is 1. The fourth-order valence-corrected chi connectivity index (χ4v) is 2.75. The Labute approximate surface area is 140 Å². The van der Waals surface area contributed by atoms with Gasteiger partial charge in [0, 0.05) is 22.4 Å². The number of azo groups is 1. The van der Waals surface area contributed by atoms with Gasteiger partial charge in [0.15, 0.2) is 5.69 Å². The van der Waals surface area contributed by atoms with Gasteiger partial charge in [-0.3, -0.25) is 9.59 Å². The number of para-hydroxylation sites is 2. The van der Waals surface area contributed by atoms with Crippen molar-refractivity contribution in [3.63, 3.8) is 0 Å². The van der Waals surface area contributed by atoms with E-state index in [0.29, 0.717) is 21.8 Å². The quantitative estimate of drug-likeness (QED) is 0.487. The zero-order valence-corrected chi connectivity index (χ0v) is 12.9. The van der Waals surface area contributed by atoms with Crippen molar-refractivity contribution in [3.05, 3.63) is 70.5 Å². The minimum atomic E-state index is -0.660. The van der Waals surface area contributed by atoms with Crippen molar-refractivity contribution < 1.29 is 9.90 Å². The standard InChI is InChI=1S/C18H12N4O3/c23-15-9-12(10-5-1-3-7-13(10)19-15)17(24)22-21-16-11-6-2-4-8-14(11)20-18(16)25/h1-9,20,25H,(H,19,23). The summed E-state index contributed by atoms with van der Waals surface area (Å²) < 4.78 is 0. The second-order valence-electron chi connectivity index (χ2n) is 5.47. The summed E-state index contributed by atoms with van der Waals surface area (Å²) in [4.78, 5) is 29.6. The minimum absolute atomic E-state index is 0.155. The van der Waals surface area contributed by atoms with Crippen LogP contribution in [0.5, 0.6) is 5.88 Å². The van der Waals surface area contributed by atoms with Gasteiger partial charge in [0.1, 0.15) is 0 Å². The molecule has 2 heterocycles. The lowest BCUT2D eigenvalue weighted by Gasteiger charge is -2.01. The zero-order valence-electron chi connectivity index (χ0n) is 12.9. The van der Waals surface area contributed by atoms with Crippen LogP contribution in [0, 0.1) is 0 Å². The third-order valence-corrected chi connectivity index (χ3v) is 3.88. The van der Waals surface area contributed by atoms with Gasteiger partial charge in [-0.1, -0.05) is 36.4 Å². The molecular formula is C18H12N4O3. The first kappa shape index (κ1) is 14.8. The Morgan fingerprint density at radius 3 is 2.32 bits per heavy atom. The van der Waals surface area contributed by atoms with E-state index in [1.54, 1.807) is 42.5 Å². The Balaban J connectivity index is 1.79. The number of H-pyrrole nitrogens is 2. The molecule has 4 aromatic rings. The number of aromatic amines is 2. The molecule has 0 spiro atoms. The number of benzene rings is 2. The highest BCUT2D eigenvalue weighted by molar-refractivity contribution is 6.06. The molecular weight excluding hydrogens is 320 g/mol. The lowest BCUT2D eigenvalue weighted by molar-refractivity contribution is 0.0996. The Morgan fingerprint density at radius 2 is 1.56 bits per heavy atom.